The fraction of sp³-hybridized carbons (Fsp3) is 0.292. The molecule has 1 heterocycles. The molecule has 27 heavy (non-hydrogen) atoms. The minimum atomic E-state index is 0.638. The Kier molecular flexibility index (Phi) is 5.09. The van der Waals surface area contributed by atoms with Gasteiger partial charge >= 0.3 is 0 Å². The van der Waals surface area contributed by atoms with Gasteiger partial charge in [0.05, 0.1) is 11.6 Å². The number of nitrogens with zero attached hydrogens (tertiary/aromatic N) is 3. The van der Waals surface area contributed by atoms with E-state index < -0.39 is 0 Å². The van der Waals surface area contributed by atoms with E-state index in [1.54, 1.807) is 0 Å². The van der Waals surface area contributed by atoms with Gasteiger partial charge in [-0.15, -0.1) is 0 Å². The predicted molar refractivity (Wildman–Crippen MR) is 108 cm³/mol. The van der Waals surface area contributed by atoms with E-state index >= 15 is 0 Å². The third-order valence-corrected chi connectivity index (χ3v) is 5.47. The van der Waals surface area contributed by atoms with Crippen molar-refractivity contribution in [3.8, 4) is 6.07 Å². The fourth-order valence-corrected chi connectivity index (χ4v) is 3.67. The Morgan fingerprint density at radius 2 is 1.70 bits per heavy atom. The summed E-state index contributed by atoms with van der Waals surface area (Å²) in [5, 5.41) is 9.40. The molecule has 136 valence electrons. The highest BCUT2D eigenvalue weighted by Gasteiger charge is 2.30. The van der Waals surface area contributed by atoms with E-state index in [0.29, 0.717) is 6.04 Å². The summed E-state index contributed by atoms with van der Waals surface area (Å²) in [6.07, 6.45) is 4.69. The van der Waals surface area contributed by atoms with Gasteiger partial charge in [0.1, 0.15) is 0 Å². The van der Waals surface area contributed by atoms with Gasteiger partial charge < -0.3 is 4.57 Å². The van der Waals surface area contributed by atoms with Crippen molar-refractivity contribution >= 4 is 0 Å². The Labute approximate surface area is 161 Å². The molecule has 0 unspecified atom stereocenters. The second kappa shape index (κ2) is 7.82. The molecule has 3 nitrogen and oxygen atoms in total. The summed E-state index contributed by atoms with van der Waals surface area (Å²) >= 11 is 0. The molecule has 1 aliphatic carbocycles. The molecule has 1 saturated carbocycles. The standard InChI is InChI=1S/C24H25N3/c1-19-7-2-3-9-21(19)16-26-14-6-11-24(26)18-27(23-12-13-23)17-22-10-5-4-8-20(22)15-25/h2-11,14,23H,12-13,16-18H2,1H3. The molecule has 1 aliphatic rings. The molecule has 1 aromatic heterocycles. The molecule has 4 rings (SSSR count). The van der Waals surface area contributed by atoms with E-state index in [2.05, 4.69) is 71.1 Å². The zero-order valence-corrected chi connectivity index (χ0v) is 15.8. The molecule has 1 fully saturated rings. The first-order chi connectivity index (χ1) is 13.2. The van der Waals surface area contributed by atoms with Gasteiger partial charge in [-0.25, -0.2) is 0 Å². The Morgan fingerprint density at radius 3 is 2.44 bits per heavy atom. The molecule has 0 bridgehead atoms. The number of benzene rings is 2. The average molecular weight is 355 g/mol. The first-order valence-electron chi connectivity index (χ1n) is 9.65. The fourth-order valence-electron chi connectivity index (χ4n) is 3.67. The summed E-state index contributed by atoms with van der Waals surface area (Å²) in [6.45, 7) is 4.84. The predicted octanol–water partition coefficient (Wildman–Crippen LogP) is 4.88. The molecule has 0 aliphatic heterocycles. The van der Waals surface area contributed by atoms with Crippen molar-refractivity contribution < 1.29 is 0 Å². The van der Waals surface area contributed by atoms with Gasteiger partial charge in [-0.1, -0.05) is 42.5 Å². The number of aryl methyl sites for hydroxylation is 1. The molecule has 0 atom stereocenters. The lowest BCUT2D eigenvalue weighted by molar-refractivity contribution is 0.239. The van der Waals surface area contributed by atoms with Crippen molar-refractivity contribution in [2.45, 2.75) is 45.4 Å². The van der Waals surface area contributed by atoms with Crippen LogP contribution in [0.4, 0.5) is 0 Å². The zero-order chi connectivity index (χ0) is 18.6. The minimum Gasteiger partial charge on any atom is -0.346 e. The molecule has 0 spiro atoms. The highest BCUT2D eigenvalue weighted by atomic mass is 15.2. The van der Waals surface area contributed by atoms with Crippen molar-refractivity contribution in [2.24, 2.45) is 0 Å². The van der Waals surface area contributed by atoms with Gasteiger partial charge in [-0.3, -0.25) is 4.90 Å². The number of nitriles is 1. The monoisotopic (exact) mass is 355 g/mol. The summed E-state index contributed by atoms with van der Waals surface area (Å²) in [5.41, 5.74) is 5.95. The maximum atomic E-state index is 9.40. The zero-order valence-electron chi connectivity index (χ0n) is 15.8. The smallest absolute Gasteiger partial charge is 0.0995 e. The molecule has 3 heteroatoms. The van der Waals surface area contributed by atoms with Gasteiger partial charge in [0.25, 0.3) is 0 Å². The molecule has 0 saturated heterocycles. The lowest BCUT2D eigenvalue weighted by atomic mass is 10.1. The second-order valence-electron chi connectivity index (χ2n) is 7.46. The molecule has 2 aromatic carbocycles. The van der Waals surface area contributed by atoms with Gasteiger partial charge in [0, 0.05) is 37.6 Å². The van der Waals surface area contributed by atoms with Crippen molar-refractivity contribution in [1.29, 1.82) is 5.26 Å². The van der Waals surface area contributed by atoms with Crippen molar-refractivity contribution in [2.75, 3.05) is 0 Å². The van der Waals surface area contributed by atoms with Crippen LogP contribution in [0.5, 0.6) is 0 Å². The largest absolute Gasteiger partial charge is 0.346 e. The van der Waals surface area contributed by atoms with E-state index in [9.17, 15) is 5.26 Å². The van der Waals surface area contributed by atoms with Crippen LogP contribution in [0.1, 0.15) is 40.8 Å². The highest BCUT2D eigenvalue weighted by molar-refractivity contribution is 5.37. The van der Waals surface area contributed by atoms with Crippen LogP contribution in [0.25, 0.3) is 0 Å². The van der Waals surface area contributed by atoms with Gasteiger partial charge in [-0.05, 0) is 54.7 Å². The van der Waals surface area contributed by atoms with Crippen LogP contribution in [0.15, 0.2) is 66.9 Å². The highest BCUT2D eigenvalue weighted by Crippen LogP contribution is 2.30. The molecular weight excluding hydrogens is 330 g/mol. The van der Waals surface area contributed by atoms with Crippen molar-refractivity contribution in [1.82, 2.24) is 9.47 Å². The summed E-state index contributed by atoms with van der Waals surface area (Å²) in [6, 6.07) is 23.9. The normalized spacial score (nSPS) is 13.7. The molecular formula is C24H25N3. The van der Waals surface area contributed by atoms with E-state index in [0.717, 1.165) is 30.8 Å². The Hall–Kier alpha value is -2.83. The quantitative estimate of drug-likeness (QED) is 0.605. The SMILES string of the molecule is Cc1ccccc1Cn1cccc1CN(Cc1ccccc1C#N)C1CC1. The van der Waals surface area contributed by atoms with Gasteiger partial charge in [-0.2, -0.15) is 5.26 Å². The Morgan fingerprint density at radius 1 is 0.963 bits per heavy atom. The van der Waals surface area contributed by atoms with Gasteiger partial charge in [0.2, 0.25) is 0 Å². The maximum absolute atomic E-state index is 9.40. The average Bonchev–Trinajstić information content (AvgIpc) is 3.45. The van der Waals surface area contributed by atoms with Crippen LogP contribution in [0.3, 0.4) is 0 Å². The second-order valence-corrected chi connectivity index (χ2v) is 7.46. The van der Waals surface area contributed by atoms with Crippen molar-refractivity contribution in [3.63, 3.8) is 0 Å². The minimum absolute atomic E-state index is 0.638. The first-order valence-corrected chi connectivity index (χ1v) is 9.65. The number of aromatic nitrogens is 1. The Balaban J connectivity index is 1.53. The van der Waals surface area contributed by atoms with Crippen LogP contribution in [0.2, 0.25) is 0 Å². The summed E-state index contributed by atoms with van der Waals surface area (Å²) in [7, 11) is 0. The number of rotatable bonds is 7. The lowest BCUT2D eigenvalue weighted by Gasteiger charge is -2.24. The molecule has 0 amide bonds. The molecule has 0 radical (unpaired) electrons. The maximum Gasteiger partial charge on any atom is 0.0995 e. The number of hydrogen-bond donors (Lipinski definition) is 0. The van der Waals surface area contributed by atoms with E-state index in [4.69, 9.17) is 0 Å². The van der Waals surface area contributed by atoms with Crippen LogP contribution in [0, 0.1) is 18.3 Å². The third kappa shape index (κ3) is 4.13. The summed E-state index contributed by atoms with van der Waals surface area (Å²) in [5.74, 6) is 0. The van der Waals surface area contributed by atoms with Crippen molar-refractivity contribution in [3.05, 3.63) is 94.8 Å². The van der Waals surface area contributed by atoms with Crippen LogP contribution in [-0.4, -0.2) is 15.5 Å². The van der Waals surface area contributed by atoms with Crippen LogP contribution < -0.4 is 0 Å². The molecule has 0 N–H and O–H groups in total. The van der Waals surface area contributed by atoms with Crippen LogP contribution >= 0.6 is 0 Å². The number of hydrogen-bond acceptors (Lipinski definition) is 2. The van der Waals surface area contributed by atoms with E-state index in [-0.39, 0.29) is 0 Å². The van der Waals surface area contributed by atoms with Gasteiger partial charge in [0.15, 0.2) is 0 Å². The van der Waals surface area contributed by atoms with E-state index in [1.165, 1.54) is 29.7 Å². The topological polar surface area (TPSA) is 32.0 Å². The first kappa shape index (κ1) is 17.6. The van der Waals surface area contributed by atoms with E-state index in [1.807, 2.05) is 18.2 Å². The molecule has 3 aromatic rings. The third-order valence-electron chi connectivity index (χ3n) is 5.47. The van der Waals surface area contributed by atoms with Crippen LogP contribution in [-0.2, 0) is 19.6 Å². The Bertz CT molecular complexity index is 960. The summed E-state index contributed by atoms with van der Waals surface area (Å²) in [4.78, 5) is 2.53. The lowest BCUT2D eigenvalue weighted by Crippen LogP contribution is -2.26. The summed E-state index contributed by atoms with van der Waals surface area (Å²) < 4.78 is 2.36.